The number of carbonyl (C=O) groups is 1. The summed E-state index contributed by atoms with van der Waals surface area (Å²) in [6.07, 6.45) is 2.03. The molecule has 4 heteroatoms. The van der Waals surface area contributed by atoms with Crippen LogP contribution in [0.1, 0.15) is 10.4 Å². The average Bonchev–Trinajstić information content (AvgIpc) is 2.48. The number of benzene rings is 2. The lowest BCUT2D eigenvalue weighted by Gasteiger charge is -2.06. The first-order chi connectivity index (χ1) is 9.22. The minimum absolute atomic E-state index is 0.351. The van der Waals surface area contributed by atoms with Crippen molar-refractivity contribution in [2.75, 3.05) is 13.4 Å². The number of ether oxygens (including phenoxy) is 2. The number of methoxy groups -OCH3 is 1. The van der Waals surface area contributed by atoms with Gasteiger partial charge in [0.1, 0.15) is 11.5 Å². The second kappa shape index (κ2) is 6.29. The maximum Gasteiger partial charge on any atom is 0.337 e. The molecule has 0 aliphatic rings. The Morgan fingerprint density at radius 1 is 0.947 bits per heavy atom. The van der Waals surface area contributed by atoms with Crippen LogP contribution in [-0.4, -0.2) is 19.3 Å². The molecule has 0 aliphatic carbocycles. The van der Waals surface area contributed by atoms with Crippen molar-refractivity contribution in [3.05, 3.63) is 54.1 Å². The highest BCUT2D eigenvalue weighted by molar-refractivity contribution is 7.98. The smallest absolute Gasteiger partial charge is 0.337 e. The predicted octanol–water partition coefficient (Wildman–Crippen LogP) is 3.99. The summed E-state index contributed by atoms with van der Waals surface area (Å²) in [5.41, 5.74) is 0.507. The fraction of sp³-hybridized carbons (Fsp3) is 0.133. The van der Waals surface area contributed by atoms with E-state index in [-0.39, 0.29) is 5.97 Å². The summed E-state index contributed by atoms with van der Waals surface area (Å²) in [7, 11) is 1.36. The Hall–Kier alpha value is -1.94. The largest absolute Gasteiger partial charge is 0.465 e. The van der Waals surface area contributed by atoms with Crippen molar-refractivity contribution < 1.29 is 14.3 Å². The Bertz CT molecular complexity index is 547. The maximum absolute atomic E-state index is 11.3. The van der Waals surface area contributed by atoms with Crippen molar-refractivity contribution in [3.8, 4) is 11.5 Å². The Morgan fingerprint density at radius 3 is 1.95 bits per heavy atom. The molecule has 3 nitrogen and oxygen atoms in total. The van der Waals surface area contributed by atoms with Gasteiger partial charge in [-0.05, 0) is 54.8 Å². The monoisotopic (exact) mass is 274 g/mol. The summed E-state index contributed by atoms with van der Waals surface area (Å²) in [5, 5.41) is 0. The molecule has 2 rings (SSSR count). The van der Waals surface area contributed by atoms with Gasteiger partial charge in [-0.25, -0.2) is 4.79 Å². The molecular formula is C15H14O3S. The Kier molecular flexibility index (Phi) is 4.47. The third-order valence-corrected chi connectivity index (χ3v) is 3.31. The highest BCUT2D eigenvalue weighted by atomic mass is 32.2. The first kappa shape index (κ1) is 13.5. The number of rotatable bonds is 4. The lowest BCUT2D eigenvalue weighted by molar-refractivity contribution is 0.0600. The lowest BCUT2D eigenvalue weighted by atomic mass is 10.2. The number of thioether (sulfide) groups is 1. The van der Waals surface area contributed by atoms with Crippen LogP contribution >= 0.6 is 11.8 Å². The molecule has 0 N–H and O–H groups in total. The van der Waals surface area contributed by atoms with Crippen LogP contribution in [0.25, 0.3) is 0 Å². The van der Waals surface area contributed by atoms with Gasteiger partial charge in [0, 0.05) is 4.90 Å². The van der Waals surface area contributed by atoms with E-state index in [1.807, 2.05) is 30.5 Å². The summed E-state index contributed by atoms with van der Waals surface area (Å²) in [5.74, 6) is 1.10. The zero-order valence-corrected chi connectivity index (χ0v) is 11.6. The normalized spacial score (nSPS) is 10.0. The van der Waals surface area contributed by atoms with Gasteiger partial charge < -0.3 is 9.47 Å². The molecule has 0 amide bonds. The zero-order valence-electron chi connectivity index (χ0n) is 10.8. The van der Waals surface area contributed by atoms with Gasteiger partial charge >= 0.3 is 5.97 Å². The van der Waals surface area contributed by atoms with Crippen molar-refractivity contribution in [1.29, 1.82) is 0 Å². The molecule has 0 radical (unpaired) electrons. The van der Waals surface area contributed by atoms with Gasteiger partial charge in [0.05, 0.1) is 12.7 Å². The fourth-order valence-electron chi connectivity index (χ4n) is 1.56. The Morgan fingerprint density at radius 2 is 1.47 bits per heavy atom. The van der Waals surface area contributed by atoms with E-state index >= 15 is 0 Å². The molecule has 19 heavy (non-hydrogen) atoms. The van der Waals surface area contributed by atoms with Crippen LogP contribution in [0.3, 0.4) is 0 Å². The molecule has 0 fully saturated rings. The summed E-state index contributed by atoms with van der Waals surface area (Å²) in [6.45, 7) is 0. The van der Waals surface area contributed by atoms with Gasteiger partial charge in [0.15, 0.2) is 0 Å². The molecule has 98 valence electrons. The van der Waals surface area contributed by atoms with Gasteiger partial charge in [-0.1, -0.05) is 0 Å². The quantitative estimate of drug-likeness (QED) is 0.624. The van der Waals surface area contributed by atoms with Gasteiger partial charge in [-0.2, -0.15) is 0 Å². The first-order valence-electron chi connectivity index (χ1n) is 5.73. The van der Waals surface area contributed by atoms with E-state index in [4.69, 9.17) is 4.74 Å². The third-order valence-electron chi connectivity index (χ3n) is 2.57. The molecule has 2 aromatic carbocycles. The van der Waals surface area contributed by atoms with Crippen LogP contribution in [0.15, 0.2) is 53.4 Å². The molecule has 0 aliphatic heterocycles. The molecule has 0 bridgehead atoms. The van der Waals surface area contributed by atoms with Crippen molar-refractivity contribution in [2.24, 2.45) is 0 Å². The second-order valence-corrected chi connectivity index (χ2v) is 4.67. The Labute approximate surface area is 116 Å². The zero-order chi connectivity index (χ0) is 13.7. The van der Waals surface area contributed by atoms with Gasteiger partial charge in [-0.3, -0.25) is 0 Å². The molecule has 0 aromatic heterocycles. The lowest BCUT2D eigenvalue weighted by Crippen LogP contribution is -2.00. The van der Waals surface area contributed by atoms with Gasteiger partial charge in [0.25, 0.3) is 0 Å². The summed E-state index contributed by atoms with van der Waals surface area (Å²) in [6, 6.07) is 14.7. The van der Waals surface area contributed by atoms with E-state index in [1.165, 1.54) is 12.0 Å². The standard InChI is InChI=1S/C15H14O3S/c1-17-15(16)11-3-5-12(6-4-11)18-13-7-9-14(19-2)10-8-13/h3-10H,1-2H3. The molecule has 0 saturated heterocycles. The summed E-state index contributed by atoms with van der Waals surface area (Å²) in [4.78, 5) is 12.5. The molecule has 0 unspecified atom stereocenters. The van der Waals surface area contributed by atoms with E-state index in [0.29, 0.717) is 11.3 Å². The molecular weight excluding hydrogens is 260 g/mol. The highest BCUT2D eigenvalue weighted by Crippen LogP contribution is 2.24. The van der Waals surface area contributed by atoms with E-state index in [1.54, 1.807) is 36.0 Å². The SMILES string of the molecule is COC(=O)c1ccc(Oc2ccc(SC)cc2)cc1. The van der Waals surface area contributed by atoms with Crippen molar-refractivity contribution in [3.63, 3.8) is 0 Å². The second-order valence-electron chi connectivity index (χ2n) is 3.79. The van der Waals surface area contributed by atoms with Crippen LogP contribution in [-0.2, 0) is 4.74 Å². The van der Waals surface area contributed by atoms with Crippen molar-refractivity contribution in [1.82, 2.24) is 0 Å². The summed E-state index contributed by atoms with van der Waals surface area (Å²) < 4.78 is 10.3. The van der Waals surface area contributed by atoms with Crippen LogP contribution in [0, 0.1) is 0 Å². The third kappa shape index (κ3) is 3.51. The minimum atomic E-state index is -0.351. The predicted molar refractivity (Wildman–Crippen MR) is 76.1 cm³/mol. The highest BCUT2D eigenvalue weighted by Gasteiger charge is 2.05. The van der Waals surface area contributed by atoms with Crippen molar-refractivity contribution in [2.45, 2.75) is 4.90 Å². The first-order valence-corrected chi connectivity index (χ1v) is 6.95. The maximum atomic E-state index is 11.3. The van der Waals surface area contributed by atoms with E-state index < -0.39 is 0 Å². The Balaban J connectivity index is 2.08. The molecule has 0 saturated carbocycles. The van der Waals surface area contributed by atoms with E-state index in [9.17, 15) is 4.79 Å². The average molecular weight is 274 g/mol. The van der Waals surface area contributed by atoms with Crippen molar-refractivity contribution >= 4 is 17.7 Å². The van der Waals surface area contributed by atoms with Crippen LogP contribution in [0.5, 0.6) is 11.5 Å². The van der Waals surface area contributed by atoms with Crippen LogP contribution in [0.2, 0.25) is 0 Å². The van der Waals surface area contributed by atoms with E-state index in [2.05, 4.69) is 4.74 Å². The molecule has 0 heterocycles. The van der Waals surface area contributed by atoms with Gasteiger partial charge in [-0.15, -0.1) is 11.8 Å². The van der Waals surface area contributed by atoms with Crippen LogP contribution in [0.4, 0.5) is 0 Å². The minimum Gasteiger partial charge on any atom is -0.465 e. The fourth-order valence-corrected chi connectivity index (χ4v) is 1.97. The molecule has 0 atom stereocenters. The number of esters is 1. The number of hydrogen-bond acceptors (Lipinski definition) is 4. The van der Waals surface area contributed by atoms with Gasteiger partial charge in [0.2, 0.25) is 0 Å². The van der Waals surface area contributed by atoms with Crippen LogP contribution < -0.4 is 4.74 Å². The van der Waals surface area contributed by atoms with E-state index in [0.717, 1.165) is 5.75 Å². The number of carbonyl (C=O) groups excluding carboxylic acids is 1. The topological polar surface area (TPSA) is 35.5 Å². The molecule has 0 spiro atoms. The summed E-state index contributed by atoms with van der Waals surface area (Å²) >= 11 is 1.68. The number of hydrogen-bond donors (Lipinski definition) is 0. The molecule has 2 aromatic rings.